The summed E-state index contributed by atoms with van der Waals surface area (Å²) in [4.78, 5) is 3.75. The zero-order valence-electron chi connectivity index (χ0n) is 8.98. The summed E-state index contributed by atoms with van der Waals surface area (Å²) in [5, 5.41) is 16.2. The van der Waals surface area contributed by atoms with Gasteiger partial charge < -0.3 is 5.11 Å². The van der Waals surface area contributed by atoms with E-state index in [4.69, 9.17) is 11.6 Å². The fraction of sp³-hybridized carbons (Fsp3) is 0.100. The minimum Gasteiger partial charge on any atom is -0.491 e. The molecule has 9 heteroatoms. The molecule has 0 amide bonds. The summed E-state index contributed by atoms with van der Waals surface area (Å²) in [6, 6.07) is 4.16. The zero-order valence-corrected chi connectivity index (χ0v) is 9.74. The number of rotatable bonds is 0. The molecule has 0 spiro atoms. The number of aromatic hydroxyl groups is 1. The third kappa shape index (κ3) is 1.75. The van der Waals surface area contributed by atoms with E-state index >= 15 is 0 Å². The summed E-state index contributed by atoms with van der Waals surface area (Å²) in [6.07, 6.45) is -4.71. The van der Waals surface area contributed by atoms with Crippen molar-refractivity contribution >= 4 is 28.3 Å². The number of alkyl halides is 3. The Balaban J connectivity index is 2.56. The lowest BCUT2D eigenvalue weighted by Gasteiger charge is -2.07. The van der Waals surface area contributed by atoms with Crippen LogP contribution in [0.4, 0.5) is 13.2 Å². The van der Waals surface area contributed by atoms with Gasteiger partial charge >= 0.3 is 6.18 Å². The standard InChI is InChI=1S/C10H4ClF3N4O/c11-4-1-2-5-6(3-4)18-7(8(19)15-5)16-17-9(18)10(12,13)14/h1-3H,(H,15,19). The third-order valence-electron chi connectivity index (χ3n) is 2.52. The largest absolute Gasteiger partial charge is 0.491 e. The highest BCUT2D eigenvalue weighted by Crippen LogP contribution is 2.32. The van der Waals surface area contributed by atoms with Gasteiger partial charge in [-0.1, -0.05) is 11.6 Å². The van der Waals surface area contributed by atoms with Crippen molar-refractivity contribution in [2.24, 2.45) is 0 Å². The Bertz CT molecular complexity index is 799. The van der Waals surface area contributed by atoms with E-state index in [2.05, 4.69) is 15.2 Å². The number of benzene rings is 1. The molecule has 98 valence electrons. The van der Waals surface area contributed by atoms with Gasteiger partial charge in [-0.05, 0) is 18.2 Å². The molecule has 0 radical (unpaired) electrons. The second kappa shape index (κ2) is 3.70. The van der Waals surface area contributed by atoms with Crippen molar-refractivity contribution in [3.8, 4) is 5.88 Å². The zero-order chi connectivity index (χ0) is 13.8. The smallest absolute Gasteiger partial charge is 0.452 e. The normalized spacial score (nSPS) is 12.4. The van der Waals surface area contributed by atoms with Crippen LogP contribution in [0.5, 0.6) is 5.88 Å². The first-order chi connectivity index (χ1) is 8.88. The summed E-state index contributed by atoms with van der Waals surface area (Å²) in [6.45, 7) is 0. The molecule has 0 fully saturated rings. The minimum atomic E-state index is -4.71. The van der Waals surface area contributed by atoms with Crippen LogP contribution < -0.4 is 0 Å². The monoisotopic (exact) mass is 288 g/mol. The van der Waals surface area contributed by atoms with E-state index in [9.17, 15) is 18.3 Å². The van der Waals surface area contributed by atoms with Crippen molar-refractivity contribution in [3.05, 3.63) is 29.0 Å². The number of halogens is 4. The Labute approximate surface area is 108 Å². The molecule has 2 heterocycles. The maximum absolute atomic E-state index is 12.9. The molecule has 0 aliphatic carbocycles. The Morgan fingerprint density at radius 2 is 1.95 bits per heavy atom. The van der Waals surface area contributed by atoms with Crippen LogP contribution in [-0.2, 0) is 6.18 Å². The maximum atomic E-state index is 12.9. The van der Waals surface area contributed by atoms with Crippen molar-refractivity contribution in [3.63, 3.8) is 0 Å². The predicted molar refractivity (Wildman–Crippen MR) is 60.0 cm³/mol. The van der Waals surface area contributed by atoms with Gasteiger partial charge in [-0.25, -0.2) is 4.98 Å². The van der Waals surface area contributed by atoms with Crippen LogP contribution in [0.1, 0.15) is 5.82 Å². The van der Waals surface area contributed by atoms with Crippen molar-refractivity contribution in [1.29, 1.82) is 0 Å². The van der Waals surface area contributed by atoms with Crippen molar-refractivity contribution in [2.75, 3.05) is 0 Å². The number of nitrogens with zero attached hydrogens (tertiary/aromatic N) is 4. The molecule has 0 aliphatic heterocycles. The number of hydrogen-bond donors (Lipinski definition) is 1. The van der Waals surface area contributed by atoms with Crippen molar-refractivity contribution < 1.29 is 18.3 Å². The van der Waals surface area contributed by atoms with E-state index in [1.165, 1.54) is 18.2 Å². The van der Waals surface area contributed by atoms with E-state index in [-0.39, 0.29) is 21.7 Å². The molecular weight excluding hydrogens is 285 g/mol. The first-order valence-electron chi connectivity index (χ1n) is 4.98. The summed E-state index contributed by atoms with van der Waals surface area (Å²) < 4.78 is 39.2. The van der Waals surface area contributed by atoms with E-state index in [0.717, 1.165) is 0 Å². The molecule has 19 heavy (non-hydrogen) atoms. The van der Waals surface area contributed by atoms with Crippen molar-refractivity contribution in [2.45, 2.75) is 6.18 Å². The predicted octanol–water partition coefficient (Wildman–Crippen LogP) is 2.66. The molecule has 3 rings (SSSR count). The third-order valence-corrected chi connectivity index (χ3v) is 2.76. The van der Waals surface area contributed by atoms with Gasteiger partial charge in [-0.2, -0.15) is 13.2 Å². The van der Waals surface area contributed by atoms with Gasteiger partial charge in [0.1, 0.15) is 0 Å². The quantitative estimate of drug-likeness (QED) is 0.691. The molecule has 0 unspecified atom stereocenters. The number of aromatic nitrogens is 4. The van der Waals surface area contributed by atoms with Gasteiger partial charge in [0.05, 0.1) is 11.0 Å². The second-order valence-corrected chi connectivity index (χ2v) is 4.19. The van der Waals surface area contributed by atoms with Gasteiger partial charge in [-0.3, -0.25) is 4.40 Å². The minimum absolute atomic E-state index is 0.0672. The van der Waals surface area contributed by atoms with Crippen LogP contribution in [0.25, 0.3) is 16.7 Å². The summed E-state index contributed by atoms with van der Waals surface area (Å²) >= 11 is 5.77. The molecule has 3 aromatic rings. The lowest BCUT2D eigenvalue weighted by Crippen LogP contribution is -2.11. The first-order valence-corrected chi connectivity index (χ1v) is 5.36. The SMILES string of the molecule is Oc1nc2ccc(Cl)cc2n2c(C(F)(F)F)nnc12. The Morgan fingerprint density at radius 3 is 2.63 bits per heavy atom. The number of fused-ring (bicyclic) bond motifs is 3. The van der Waals surface area contributed by atoms with Crippen LogP contribution in [-0.4, -0.2) is 24.7 Å². The van der Waals surface area contributed by atoms with Crippen LogP contribution in [0.15, 0.2) is 18.2 Å². The Morgan fingerprint density at radius 1 is 1.21 bits per heavy atom. The van der Waals surface area contributed by atoms with E-state index < -0.39 is 17.9 Å². The molecule has 0 atom stereocenters. The Kier molecular flexibility index (Phi) is 2.33. The second-order valence-electron chi connectivity index (χ2n) is 3.75. The van der Waals surface area contributed by atoms with Gasteiger partial charge in [0.2, 0.25) is 11.5 Å². The summed E-state index contributed by atoms with van der Waals surface area (Å²) in [5.74, 6) is -1.87. The fourth-order valence-corrected chi connectivity index (χ4v) is 1.94. The molecule has 0 aliphatic rings. The van der Waals surface area contributed by atoms with Crippen LogP contribution in [0.3, 0.4) is 0 Å². The first kappa shape index (κ1) is 12.0. The highest BCUT2D eigenvalue weighted by atomic mass is 35.5. The number of hydrogen-bond acceptors (Lipinski definition) is 4. The molecule has 0 saturated heterocycles. The Hall–Kier alpha value is -2.09. The topological polar surface area (TPSA) is 63.3 Å². The summed E-state index contributed by atoms with van der Waals surface area (Å²) in [7, 11) is 0. The fourth-order valence-electron chi connectivity index (χ4n) is 1.78. The van der Waals surface area contributed by atoms with Crippen LogP contribution in [0, 0.1) is 0 Å². The van der Waals surface area contributed by atoms with Gasteiger partial charge in [0.15, 0.2) is 0 Å². The molecule has 2 aromatic heterocycles. The molecular formula is C10H4ClF3N4O. The van der Waals surface area contributed by atoms with E-state index in [1.807, 2.05) is 0 Å². The van der Waals surface area contributed by atoms with E-state index in [1.54, 1.807) is 0 Å². The molecule has 1 aromatic carbocycles. The van der Waals surface area contributed by atoms with Gasteiger partial charge in [0.25, 0.3) is 5.88 Å². The lowest BCUT2D eigenvalue weighted by molar-refractivity contribution is -0.145. The molecule has 5 nitrogen and oxygen atoms in total. The average molecular weight is 289 g/mol. The summed E-state index contributed by atoms with van der Waals surface area (Å²) in [5.41, 5.74) is -0.153. The average Bonchev–Trinajstić information content (AvgIpc) is 2.75. The highest BCUT2D eigenvalue weighted by molar-refractivity contribution is 6.31. The molecule has 1 N–H and O–H groups in total. The van der Waals surface area contributed by atoms with Gasteiger partial charge in [0, 0.05) is 5.02 Å². The van der Waals surface area contributed by atoms with Crippen LogP contribution in [0.2, 0.25) is 5.02 Å². The molecule has 0 bridgehead atoms. The van der Waals surface area contributed by atoms with E-state index in [0.29, 0.717) is 4.40 Å². The van der Waals surface area contributed by atoms with Crippen LogP contribution >= 0.6 is 11.6 Å². The lowest BCUT2D eigenvalue weighted by atomic mass is 10.3. The highest BCUT2D eigenvalue weighted by Gasteiger charge is 2.38. The maximum Gasteiger partial charge on any atom is 0.452 e. The molecule has 0 saturated carbocycles. The van der Waals surface area contributed by atoms with Gasteiger partial charge in [-0.15, -0.1) is 10.2 Å². The van der Waals surface area contributed by atoms with Crippen molar-refractivity contribution in [1.82, 2.24) is 19.6 Å².